The number of aromatic nitrogens is 2. The van der Waals surface area contributed by atoms with Gasteiger partial charge in [0.1, 0.15) is 5.82 Å². The summed E-state index contributed by atoms with van der Waals surface area (Å²) in [4.78, 5) is 33.6. The van der Waals surface area contributed by atoms with Gasteiger partial charge in [-0.05, 0) is 44.1 Å². The fraction of sp³-hybridized carbons (Fsp3) is 0.250. The highest BCUT2D eigenvalue weighted by atomic mass is 19.1. The van der Waals surface area contributed by atoms with E-state index >= 15 is 0 Å². The molecule has 9 heteroatoms. The lowest BCUT2D eigenvalue weighted by atomic mass is 10.1. The van der Waals surface area contributed by atoms with Gasteiger partial charge in [-0.2, -0.15) is 4.39 Å². The average molecular weight is 399 g/mol. The van der Waals surface area contributed by atoms with Crippen LogP contribution in [0.15, 0.2) is 36.7 Å². The van der Waals surface area contributed by atoms with E-state index in [9.17, 15) is 18.4 Å². The van der Waals surface area contributed by atoms with Crippen LogP contribution in [0.25, 0.3) is 10.9 Å². The summed E-state index contributed by atoms with van der Waals surface area (Å²) >= 11 is 0. The number of anilines is 2. The maximum Gasteiger partial charge on any atom is 0.258 e. The number of benzene rings is 1. The zero-order valence-corrected chi connectivity index (χ0v) is 15.5. The maximum atomic E-state index is 13.8. The molecule has 1 aliphatic heterocycles. The van der Waals surface area contributed by atoms with Gasteiger partial charge in [0, 0.05) is 17.6 Å². The van der Waals surface area contributed by atoms with Crippen molar-refractivity contribution in [3.8, 4) is 0 Å². The van der Waals surface area contributed by atoms with Crippen molar-refractivity contribution in [2.24, 2.45) is 0 Å². The second-order valence-electron chi connectivity index (χ2n) is 6.93. The standard InChI is InChI=1S/C20H19F2N5O2/c21-13-7-12-3-4-23-19(12)15(8-13)26-20(29)14-9-17(22)24-10-16(14)25-18(28)11-27-5-1-2-6-27/h3-4,7-10,23H,1-2,5-6,11H2,(H,25,28)(H,26,29). The van der Waals surface area contributed by atoms with Crippen LogP contribution in [-0.4, -0.2) is 46.3 Å². The largest absolute Gasteiger partial charge is 0.359 e. The molecule has 150 valence electrons. The number of H-pyrrole nitrogens is 1. The van der Waals surface area contributed by atoms with E-state index in [1.807, 2.05) is 4.90 Å². The van der Waals surface area contributed by atoms with E-state index in [0.29, 0.717) is 10.9 Å². The predicted octanol–water partition coefficient (Wildman–Crippen LogP) is 3.13. The molecule has 1 saturated heterocycles. The van der Waals surface area contributed by atoms with Crippen LogP contribution in [0.3, 0.4) is 0 Å². The molecule has 0 unspecified atom stereocenters. The molecule has 0 spiro atoms. The van der Waals surface area contributed by atoms with Crippen LogP contribution < -0.4 is 10.6 Å². The number of carbonyl (C=O) groups is 2. The Balaban J connectivity index is 1.56. The monoisotopic (exact) mass is 399 g/mol. The second-order valence-corrected chi connectivity index (χ2v) is 6.93. The van der Waals surface area contributed by atoms with Crippen LogP contribution in [-0.2, 0) is 4.79 Å². The molecule has 3 aromatic rings. The van der Waals surface area contributed by atoms with Gasteiger partial charge >= 0.3 is 0 Å². The quantitative estimate of drug-likeness (QED) is 0.575. The molecule has 0 radical (unpaired) electrons. The Labute approximate surface area is 165 Å². The Morgan fingerprint density at radius 3 is 2.69 bits per heavy atom. The molecule has 2 amide bonds. The Kier molecular flexibility index (Phi) is 5.22. The summed E-state index contributed by atoms with van der Waals surface area (Å²) in [5, 5.41) is 5.78. The molecule has 1 aromatic carbocycles. The molecule has 2 aromatic heterocycles. The summed E-state index contributed by atoms with van der Waals surface area (Å²) in [6.07, 6.45) is 4.80. The maximum absolute atomic E-state index is 13.8. The topological polar surface area (TPSA) is 90.1 Å². The zero-order chi connectivity index (χ0) is 20.4. The van der Waals surface area contributed by atoms with Crippen molar-refractivity contribution < 1.29 is 18.4 Å². The molecule has 3 N–H and O–H groups in total. The van der Waals surface area contributed by atoms with Gasteiger partial charge in [-0.15, -0.1) is 0 Å². The van der Waals surface area contributed by atoms with Crippen molar-refractivity contribution in [1.29, 1.82) is 0 Å². The first-order chi connectivity index (χ1) is 14.0. The first-order valence-electron chi connectivity index (χ1n) is 9.25. The number of nitrogens with zero attached hydrogens (tertiary/aromatic N) is 2. The molecule has 7 nitrogen and oxygen atoms in total. The predicted molar refractivity (Wildman–Crippen MR) is 105 cm³/mol. The number of fused-ring (bicyclic) bond motifs is 1. The van der Waals surface area contributed by atoms with Crippen molar-refractivity contribution in [3.05, 3.63) is 54.0 Å². The number of aromatic amines is 1. The van der Waals surface area contributed by atoms with Gasteiger partial charge in [0.25, 0.3) is 5.91 Å². The van der Waals surface area contributed by atoms with Crippen LogP contribution in [0.1, 0.15) is 23.2 Å². The van der Waals surface area contributed by atoms with E-state index < -0.39 is 17.7 Å². The Hall–Kier alpha value is -3.33. The minimum absolute atomic E-state index is 0.0900. The Morgan fingerprint density at radius 1 is 1.10 bits per heavy atom. The van der Waals surface area contributed by atoms with Crippen LogP contribution >= 0.6 is 0 Å². The minimum Gasteiger partial charge on any atom is -0.359 e. The summed E-state index contributed by atoms with van der Waals surface area (Å²) in [6, 6.07) is 5.10. The van der Waals surface area contributed by atoms with Crippen molar-refractivity contribution in [1.82, 2.24) is 14.9 Å². The van der Waals surface area contributed by atoms with Gasteiger partial charge in [0.15, 0.2) is 0 Å². The molecule has 1 fully saturated rings. The van der Waals surface area contributed by atoms with Crippen LogP contribution in [0.5, 0.6) is 0 Å². The average Bonchev–Trinajstić information content (AvgIpc) is 3.34. The highest BCUT2D eigenvalue weighted by Gasteiger charge is 2.20. The molecule has 4 rings (SSSR count). The summed E-state index contributed by atoms with van der Waals surface area (Å²) in [5.74, 6) is -2.39. The first-order valence-corrected chi connectivity index (χ1v) is 9.25. The van der Waals surface area contributed by atoms with Gasteiger partial charge in [-0.1, -0.05) is 0 Å². The lowest BCUT2D eigenvalue weighted by Gasteiger charge is -2.16. The normalized spacial score (nSPS) is 14.3. The van der Waals surface area contributed by atoms with E-state index in [2.05, 4.69) is 20.6 Å². The fourth-order valence-corrected chi connectivity index (χ4v) is 3.47. The van der Waals surface area contributed by atoms with E-state index in [4.69, 9.17) is 0 Å². The number of hydrogen-bond acceptors (Lipinski definition) is 4. The third kappa shape index (κ3) is 4.24. The molecule has 29 heavy (non-hydrogen) atoms. The molecule has 0 bridgehead atoms. The van der Waals surface area contributed by atoms with Gasteiger partial charge < -0.3 is 15.6 Å². The van der Waals surface area contributed by atoms with Crippen LogP contribution in [0, 0.1) is 11.8 Å². The lowest BCUT2D eigenvalue weighted by molar-refractivity contribution is -0.117. The number of likely N-dealkylation sites (tertiary alicyclic amines) is 1. The fourth-order valence-electron chi connectivity index (χ4n) is 3.47. The Morgan fingerprint density at radius 2 is 1.90 bits per heavy atom. The first kappa shape index (κ1) is 19.0. The van der Waals surface area contributed by atoms with Gasteiger partial charge in [0.05, 0.1) is 35.2 Å². The molecule has 0 aliphatic carbocycles. The number of rotatable bonds is 5. The molecule has 3 heterocycles. The minimum atomic E-state index is -0.864. The van der Waals surface area contributed by atoms with E-state index in [1.54, 1.807) is 12.3 Å². The van der Waals surface area contributed by atoms with E-state index in [0.717, 1.165) is 38.2 Å². The van der Waals surface area contributed by atoms with E-state index in [1.165, 1.54) is 12.1 Å². The number of halogens is 2. The number of pyridine rings is 1. The van der Waals surface area contributed by atoms with Gasteiger partial charge in [-0.3, -0.25) is 14.5 Å². The SMILES string of the molecule is O=C(CN1CCCC1)Nc1cnc(F)cc1C(=O)Nc1cc(F)cc2cc[nH]c12. The number of carbonyl (C=O) groups excluding carboxylic acids is 2. The van der Waals surface area contributed by atoms with Gasteiger partial charge in [-0.25, -0.2) is 9.37 Å². The zero-order valence-electron chi connectivity index (χ0n) is 15.5. The lowest BCUT2D eigenvalue weighted by Crippen LogP contribution is -2.31. The smallest absolute Gasteiger partial charge is 0.258 e. The number of hydrogen-bond donors (Lipinski definition) is 3. The highest BCUT2D eigenvalue weighted by molar-refractivity contribution is 6.12. The third-order valence-corrected chi connectivity index (χ3v) is 4.83. The summed E-state index contributed by atoms with van der Waals surface area (Å²) in [6.45, 7) is 1.87. The third-order valence-electron chi connectivity index (χ3n) is 4.83. The molecule has 0 atom stereocenters. The van der Waals surface area contributed by atoms with Crippen LogP contribution in [0.4, 0.5) is 20.2 Å². The van der Waals surface area contributed by atoms with E-state index in [-0.39, 0.29) is 29.4 Å². The molecular formula is C20H19F2N5O2. The number of amides is 2. The molecule has 0 saturated carbocycles. The summed E-state index contributed by atoms with van der Waals surface area (Å²) in [5.41, 5.74) is 0.735. The second kappa shape index (κ2) is 7.96. The van der Waals surface area contributed by atoms with Crippen molar-refractivity contribution in [3.63, 3.8) is 0 Å². The summed E-state index contributed by atoms with van der Waals surface area (Å²) < 4.78 is 27.5. The van der Waals surface area contributed by atoms with Crippen molar-refractivity contribution in [2.45, 2.75) is 12.8 Å². The summed E-state index contributed by atoms with van der Waals surface area (Å²) in [7, 11) is 0. The van der Waals surface area contributed by atoms with Crippen molar-refractivity contribution in [2.75, 3.05) is 30.3 Å². The molecule has 1 aliphatic rings. The van der Waals surface area contributed by atoms with Gasteiger partial charge in [0.2, 0.25) is 11.9 Å². The highest BCUT2D eigenvalue weighted by Crippen LogP contribution is 2.25. The Bertz CT molecular complexity index is 1080. The van der Waals surface area contributed by atoms with Crippen molar-refractivity contribution >= 4 is 34.1 Å². The van der Waals surface area contributed by atoms with Crippen LogP contribution in [0.2, 0.25) is 0 Å². The molecular weight excluding hydrogens is 380 g/mol. The number of nitrogens with one attached hydrogen (secondary N) is 3.